The molecule has 1 N–H and O–H groups in total. The van der Waals surface area contributed by atoms with Gasteiger partial charge < -0.3 is 14.6 Å². The fraction of sp³-hybridized carbons (Fsp3) is 0.907. The molecular formula is C43H84O3. The molecule has 0 radical (unpaired) electrons. The minimum atomic E-state index is -0.260. The number of aliphatic hydroxyl groups excluding tert-OH is 1. The van der Waals surface area contributed by atoms with E-state index in [0.717, 1.165) is 48.3 Å². The maximum absolute atomic E-state index is 9.75. The van der Waals surface area contributed by atoms with E-state index in [0.29, 0.717) is 19.8 Å². The Balaban J connectivity index is 3.93. The summed E-state index contributed by atoms with van der Waals surface area (Å²) in [6, 6.07) is 0. The first kappa shape index (κ1) is 45.4. The predicted octanol–water partition coefficient (Wildman–Crippen LogP) is 13.2. The minimum Gasteiger partial charge on any atom is -0.394 e. The number of aliphatic hydroxyl groups is 1. The van der Waals surface area contributed by atoms with E-state index in [9.17, 15) is 5.11 Å². The second-order valence-corrected chi connectivity index (χ2v) is 16.5. The minimum absolute atomic E-state index is 0.00193. The number of ether oxygens (including phenoxy) is 2. The van der Waals surface area contributed by atoms with Crippen molar-refractivity contribution in [2.75, 3.05) is 26.4 Å². The second-order valence-electron chi connectivity index (χ2n) is 16.5. The Morgan fingerprint density at radius 3 is 1.22 bits per heavy atom. The summed E-state index contributed by atoms with van der Waals surface area (Å²) in [7, 11) is 0. The van der Waals surface area contributed by atoms with Gasteiger partial charge in [0.05, 0.1) is 26.4 Å². The molecule has 0 saturated heterocycles. The molecule has 0 aliphatic rings. The van der Waals surface area contributed by atoms with Gasteiger partial charge in [-0.2, -0.15) is 0 Å². The standard InChI is InChI=1S/C43H84O3/c1-35(2)17-11-19-37(5)21-13-23-39(7)25-15-27-41(9)29-31-45-34-43(33-44)46-32-30-42(10)28-16-26-40(8)24-14-22-38(6)20-12-18-36(3)4/h29-30,35-40,43-44H,11-28,31-34H2,1-10H3/b41-29+,42-30+/t37-,38-,39-,40-,43?/m1/s1. The molecule has 0 aromatic rings. The van der Waals surface area contributed by atoms with Crippen molar-refractivity contribution in [3.8, 4) is 0 Å². The fourth-order valence-electron chi connectivity index (χ4n) is 6.50. The zero-order valence-corrected chi connectivity index (χ0v) is 33.0. The van der Waals surface area contributed by atoms with Gasteiger partial charge in [-0.3, -0.25) is 0 Å². The highest BCUT2D eigenvalue weighted by Gasteiger charge is 2.10. The Bertz CT molecular complexity index is 724. The molecule has 274 valence electrons. The van der Waals surface area contributed by atoms with E-state index in [4.69, 9.17) is 9.47 Å². The van der Waals surface area contributed by atoms with Gasteiger partial charge in [-0.05, 0) is 75.0 Å². The lowest BCUT2D eigenvalue weighted by atomic mass is 9.91. The highest BCUT2D eigenvalue weighted by atomic mass is 16.5. The van der Waals surface area contributed by atoms with Crippen molar-refractivity contribution >= 4 is 0 Å². The quantitative estimate of drug-likeness (QED) is 0.0582. The second kappa shape index (κ2) is 30.4. The van der Waals surface area contributed by atoms with Crippen LogP contribution in [0.3, 0.4) is 0 Å². The van der Waals surface area contributed by atoms with Crippen LogP contribution < -0.4 is 0 Å². The summed E-state index contributed by atoms with van der Waals surface area (Å²) < 4.78 is 11.8. The Labute approximate surface area is 290 Å². The summed E-state index contributed by atoms with van der Waals surface area (Å²) in [4.78, 5) is 0. The van der Waals surface area contributed by atoms with Crippen LogP contribution in [0.4, 0.5) is 0 Å². The zero-order valence-electron chi connectivity index (χ0n) is 33.0. The molecule has 0 rings (SSSR count). The van der Waals surface area contributed by atoms with Gasteiger partial charge in [0.1, 0.15) is 6.10 Å². The monoisotopic (exact) mass is 649 g/mol. The van der Waals surface area contributed by atoms with Crippen LogP contribution in [-0.2, 0) is 9.47 Å². The van der Waals surface area contributed by atoms with Crippen LogP contribution >= 0.6 is 0 Å². The smallest absolute Gasteiger partial charge is 0.104 e. The average molecular weight is 649 g/mol. The van der Waals surface area contributed by atoms with Crippen LogP contribution in [-0.4, -0.2) is 37.6 Å². The fourth-order valence-corrected chi connectivity index (χ4v) is 6.50. The molecule has 1 unspecified atom stereocenters. The molecule has 3 nitrogen and oxygen atoms in total. The Morgan fingerprint density at radius 1 is 0.500 bits per heavy atom. The normalized spacial score (nSPS) is 16.3. The Hall–Kier alpha value is -0.640. The summed E-state index contributed by atoms with van der Waals surface area (Å²) in [5.41, 5.74) is 2.80. The highest BCUT2D eigenvalue weighted by Crippen LogP contribution is 2.23. The van der Waals surface area contributed by atoms with Crippen molar-refractivity contribution in [1.29, 1.82) is 0 Å². The van der Waals surface area contributed by atoms with E-state index in [-0.39, 0.29) is 12.7 Å². The SMILES string of the molecule is C/C(=C\COCC(CO)OC/C=C(\C)CCC[C@H](C)CCC[C@H](C)CCCC(C)C)CCC[C@H](C)CCC[C@H](C)CCCC(C)C. The van der Waals surface area contributed by atoms with Crippen LogP contribution in [0.5, 0.6) is 0 Å². The molecule has 3 heteroatoms. The van der Waals surface area contributed by atoms with Crippen LogP contribution in [0.25, 0.3) is 0 Å². The molecular weight excluding hydrogens is 564 g/mol. The van der Waals surface area contributed by atoms with Crippen LogP contribution in [0.2, 0.25) is 0 Å². The average Bonchev–Trinajstić information content (AvgIpc) is 2.98. The van der Waals surface area contributed by atoms with E-state index < -0.39 is 0 Å². The summed E-state index contributed by atoms with van der Waals surface area (Å²) in [6.07, 6.45) is 28.2. The van der Waals surface area contributed by atoms with Gasteiger partial charge in [-0.1, -0.05) is 169 Å². The third-order valence-electron chi connectivity index (χ3n) is 10.1. The van der Waals surface area contributed by atoms with Crippen molar-refractivity contribution < 1.29 is 14.6 Å². The van der Waals surface area contributed by atoms with Crippen LogP contribution in [0.15, 0.2) is 23.3 Å². The molecule has 0 saturated carbocycles. The zero-order chi connectivity index (χ0) is 34.6. The molecule has 0 bridgehead atoms. The van der Waals surface area contributed by atoms with Crippen molar-refractivity contribution in [2.45, 2.75) is 191 Å². The van der Waals surface area contributed by atoms with Crippen molar-refractivity contribution in [2.24, 2.45) is 35.5 Å². The van der Waals surface area contributed by atoms with Gasteiger partial charge >= 0.3 is 0 Å². The molecule has 46 heavy (non-hydrogen) atoms. The van der Waals surface area contributed by atoms with Crippen LogP contribution in [0, 0.1) is 35.5 Å². The summed E-state index contributed by atoms with van der Waals surface area (Å²) in [5, 5.41) is 9.75. The number of hydrogen-bond acceptors (Lipinski definition) is 3. The molecule has 0 heterocycles. The van der Waals surface area contributed by atoms with Gasteiger partial charge in [-0.15, -0.1) is 0 Å². The lowest BCUT2D eigenvalue weighted by Gasteiger charge is -2.16. The van der Waals surface area contributed by atoms with Gasteiger partial charge in [0.15, 0.2) is 0 Å². The summed E-state index contributed by atoms with van der Waals surface area (Å²) >= 11 is 0. The van der Waals surface area contributed by atoms with Gasteiger partial charge in [-0.25, -0.2) is 0 Å². The molecule has 0 aromatic carbocycles. The third-order valence-corrected chi connectivity index (χ3v) is 10.1. The summed E-state index contributed by atoms with van der Waals surface area (Å²) in [6.45, 7) is 25.1. The topological polar surface area (TPSA) is 38.7 Å². The van der Waals surface area contributed by atoms with E-state index in [1.54, 1.807) is 0 Å². The first-order valence-electron chi connectivity index (χ1n) is 20.0. The van der Waals surface area contributed by atoms with Crippen molar-refractivity contribution in [3.05, 3.63) is 23.3 Å². The molecule has 0 fully saturated rings. The van der Waals surface area contributed by atoms with E-state index in [1.807, 2.05) is 0 Å². The Morgan fingerprint density at radius 2 is 0.848 bits per heavy atom. The Kier molecular flexibility index (Phi) is 30.0. The van der Waals surface area contributed by atoms with Gasteiger partial charge in [0.25, 0.3) is 0 Å². The van der Waals surface area contributed by atoms with Gasteiger partial charge in [0.2, 0.25) is 0 Å². The number of allylic oxidation sites excluding steroid dienone is 2. The molecule has 0 amide bonds. The molecule has 5 atom stereocenters. The first-order chi connectivity index (χ1) is 21.9. The van der Waals surface area contributed by atoms with E-state index in [1.165, 1.54) is 114 Å². The summed E-state index contributed by atoms with van der Waals surface area (Å²) in [5.74, 6) is 5.09. The highest BCUT2D eigenvalue weighted by molar-refractivity contribution is 4.98. The largest absolute Gasteiger partial charge is 0.394 e. The van der Waals surface area contributed by atoms with E-state index in [2.05, 4.69) is 81.4 Å². The van der Waals surface area contributed by atoms with Crippen molar-refractivity contribution in [1.82, 2.24) is 0 Å². The molecule has 0 spiro atoms. The third kappa shape index (κ3) is 30.7. The van der Waals surface area contributed by atoms with Gasteiger partial charge in [0, 0.05) is 0 Å². The maximum atomic E-state index is 9.75. The molecule has 0 aliphatic heterocycles. The van der Waals surface area contributed by atoms with Crippen molar-refractivity contribution in [3.63, 3.8) is 0 Å². The van der Waals surface area contributed by atoms with Crippen LogP contribution in [0.1, 0.15) is 185 Å². The van der Waals surface area contributed by atoms with E-state index >= 15 is 0 Å². The molecule has 0 aliphatic carbocycles. The first-order valence-corrected chi connectivity index (χ1v) is 20.0. The lowest BCUT2D eigenvalue weighted by Crippen LogP contribution is -2.24. The maximum Gasteiger partial charge on any atom is 0.104 e. The lowest BCUT2D eigenvalue weighted by molar-refractivity contribution is -0.0272. The number of hydrogen-bond donors (Lipinski definition) is 1. The predicted molar refractivity (Wildman–Crippen MR) is 205 cm³/mol. The molecule has 0 aromatic heterocycles. The number of rotatable bonds is 32.